The van der Waals surface area contributed by atoms with Crippen molar-refractivity contribution in [3.8, 4) is 0 Å². The zero-order valence-electron chi connectivity index (χ0n) is 14.4. The number of benzene rings is 1. The number of nitrogens with zero attached hydrogens (tertiary/aromatic N) is 1. The molecule has 2 amide bonds. The summed E-state index contributed by atoms with van der Waals surface area (Å²) in [5.41, 5.74) is 5.71. The van der Waals surface area contributed by atoms with Crippen LogP contribution in [0.5, 0.6) is 0 Å². The minimum atomic E-state index is -1.03. The molecule has 0 spiro atoms. The van der Waals surface area contributed by atoms with Crippen molar-refractivity contribution < 1.29 is 13.6 Å². The number of nitrogens with two attached hydrogens (primary N) is 1. The zero-order chi connectivity index (χ0) is 19.8. The zero-order valence-corrected chi connectivity index (χ0v) is 16.0. The molecule has 0 unspecified atom stereocenters. The summed E-state index contributed by atoms with van der Waals surface area (Å²) in [7, 11) is 0. The molecule has 1 fully saturated rings. The van der Waals surface area contributed by atoms with E-state index in [-0.39, 0.29) is 5.69 Å². The lowest BCUT2D eigenvalue weighted by Gasteiger charge is -2.24. The summed E-state index contributed by atoms with van der Waals surface area (Å²) in [4.78, 5) is 14.2. The maximum atomic E-state index is 12.5. The van der Waals surface area contributed by atoms with Crippen molar-refractivity contribution in [2.24, 2.45) is 5.73 Å². The summed E-state index contributed by atoms with van der Waals surface area (Å²) < 4.78 is 24.8. The van der Waals surface area contributed by atoms with Gasteiger partial charge in [-0.1, -0.05) is 42.5 Å². The van der Waals surface area contributed by atoms with Crippen molar-refractivity contribution in [2.75, 3.05) is 10.6 Å². The SMILES string of the molecule is Clc1cncc(Cl)c1NC1CCCCC1.NC(=O)Nc1ccc(F)c(F)c1. The van der Waals surface area contributed by atoms with E-state index in [2.05, 4.69) is 15.6 Å². The van der Waals surface area contributed by atoms with E-state index in [1.165, 1.54) is 38.2 Å². The summed E-state index contributed by atoms with van der Waals surface area (Å²) >= 11 is 12.1. The average Bonchev–Trinajstić information content (AvgIpc) is 2.63. The Morgan fingerprint density at radius 1 is 1.07 bits per heavy atom. The highest BCUT2D eigenvalue weighted by molar-refractivity contribution is 6.38. The molecule has 1 aromatic heterocycles. The van der Waals surface area contributed by atoms with Gasteiger partial charge in [0.2, 0.25) is 0 Å². The molecule has 4 N–H and O–H groups in total. The van der Waals surface area contributed by atoms with Gasteiger partial charge in [-0.3, -0.25) is 4.98 Å². The van der Waals surface area contributed by atoms with Gasteiger partial charge in [0.1, 0.15) is 0 Å². The van der Waals surface area contributed by atoms with Crippen LogP contribution >= 0.6 is 23.2 Å². The standard InChI is InChI=1S/C11H14Cl2N2.C7H6F2N2O/c12-9-6-14-7-10(13)11(9)15-8-4-2-1-3-5-8;8-5-2-1-4(3-6(5)9)11-7(10)12/h6-8H,1-5H2,(H,14,15);1-3H,(H3,10,11,12). The van der Waals surface area contributed by atoms with Crippen LogP contribution in [0.3, 0.4) is 0 Å². The van der Waals surface area contributed by atoms with E-state index in [1.807, 2.05) is 0 Å². The third kappa shape index (κ3) is 6.84. The normalized spacial score (nSPS) is 14.1. The molecule has 1 aromatic carbocycles. The number of carbonyl (C=O) groups is 1. The number of amides is 2. The van der Waals surface area contributed by atoms with E-state index in [0.29, 0.717) is 16.1 Å². The minimum absolute atomic E-state index is 0.126. The van der Waals surface area contributed by atoms with Crippen molar-refractivity contribution in [2.45, 2.75) is 38.1 Å². The van der Waals surface area contributed by atoms with Crippen molar-refractivity contribution in [1.29, 1.82) is 0 Å². The second kappa shape index (κ2) is 10.3. The molecule has 5 nitrogen and oxygen atoms in total. The number of pyridine rings is 1. The van der Waals surface area contributed by atoms with Gasteiger partial charge < -0.3 is 16.4 Å². The molecule has 0 atom stereocenters. The number of halogens is 4. The summed E-state index contributed by atoms with van der Waals surface area (Å²) in [5, 5.41) is 6.73. The van der Waals surface area contributed by atoms with E-state index < -0.39 is 17.7 Å². The van der Waals surface area contributed by atoms with Gasteiger partial charge in [0.15, 0.2) is 11.6 Å². The Morgan fingerprint density at radius 2 is 1.70 bits per heavy atom. The molecule has 27 heavy (non-hydrogen) atoms. The van der Waals surface area contributed by atoms with Gasteiger partial charge in [-0.15, -0.1) is 0 Å². The fourth-order valence-corrected chi connectivity index (χ4v) is 3.19. The summed E-state index contributed by atoms with van der Waals surface area (Å²) in [6.45, 7) is 0. The van der Waals surface area contributed by atoms with Crippen LogP contribution < -0.4 is 16.4 Å². The molecule has 146 valence electrons. The monoisotopic (exact) mass is 416 g/mol. The van der Waals surface area contributed by atoms with E-state index in [9.17, 15) is 13.6 Å². The molecule has 1 aliphatic carbocycles. The lowest BCUT2D eigenvalue weighted by molar-refractivity contribution is 0.259. The molecule has 9 heteroatoms. The second-order valence-electron chi connectivity index (χ2n) is 6.08. The summed E-state index contributed by atoms with van der Waals surface area (Å²) in [6.07, 6.45) is 9.58. The summed E-state index contributed by atoms with van der Waals surface area (Å²) in [6, 6.07) is 2.65. The Bertz CT molecular complexity index is 766. The maximum Gasteiger partial charge on any atom is 0.316 e. The number of hydrogen-bond donors (Lipinski definition) is 3. The first-order valence-corrected chi connectivity index (χ1v) is 9.19. The Labute approximate surface area is 166 Å². The van der Waals surface area contributed by atoms with Crippen molar-refractivity contribution in [3.05, 3.63) is 52.3 Å². The Morgan fingerprint density at radius 3 is 2.26 bits per heavy atom. The van der Waals surface area contributed by atoms with Crippen LogP contribution in [-0.4, -0.2) is 17.1 Å². The van der Waals surface area contributed by atoms with Gasteiger partial charge in [0.25, 0.3) is 0 Å². The quantitative estimate of drug-likeness (QED) is 0.609. The number of rotatable bonds is 3. The fourth-order valence-electron chi connectivity index (χ4n) is 2.72. The molecule has 1 saturated carbocycles. The van der Waals surface area contributed by atoms with Gasteiger partial charge in [-0.25, -0.2) is 13.6 Å². The molecule has 0 bridgehead atoms. The van der Waals surface area contributed by atoms with Crippen molar-refractivity contribution >= 4 is 40.6 Å². The predicted molar refractivity (Wildman–Crippen MR) is 104 cm³/mol. The van der Waals surface area contributed by atoms with E-state index in [1.54, 1.807) is 12.4 Å². The molecule has 0 aliphatic heterocycles. The second-order valence-corrected chi connectivity index (χ2v) is 6.89. The highest BCUT2D eigenvalue weighted by Gasteiger charge is 2.15. The fraction of sp³-hybridized carbons (Fsp3) is 0.333. The van der Waals surface area contributed by atoms with Crippen LogP contribution in [0.1, 0.15) is 32.1 Å². The number of urea groups is 1. The third-order valence-electron chi connectivity index (χ3n) is 3.99. The van der Waals surface area contributed by atoms with Crippen LogP contribution in [-0.2, 0) is 0 Å². The van der Waals surface area contributed by atoms with E-state index in [0.717, 1.165) is 17.8 Å². The summed E-state index contributed by atoms with van der Waals surface area (Å²) in [5.74, 6) is -1.99. The molecular formula is C18H20Cl2F2N4O. The van der Waals surface area contributed by atoms with Crippen LogP contribution in [0.25, 0.3) is 0 Å². The molecule has 2 aromatic rings. The Hall–Kier alpha value is -2.12. The lowest BCUT2D eigenvalue weighted by atomic mass is 9.95. The van der Waals surface area contributed by atoms with Crippen LogP contribution in [0.4, 0.5) is 25.0 Å². The number of hydrogen-bond acceptors (Lipinski definition) is 3. The highest BCUT2D eigenvalue weighted by atomic mass is 35.5. The number of anilines is 2. The number of carbonyl (C=O) groups excluding carboxylic acids is 1. The average molecular weight is 417 g/mol. The number of nitrogens with one attached hydrogen (secondary N) is 2. The highest BCUT2D eigenvalue weighted by Crippen LogP contribution is 2.31. The first-order chi connectivity index (χ1) is 12.9. The van der Waals surface area contributed by atoms with Crippen LogP contribution in [0, 0.1) is 11.6 Å². The van der Waals surface area contributed by atoms with Gasteiger partial charge in [0, 0.05) is 30.2 Å². The maximum absolute atomic E-state index is 12.5. The first-order valence-electron chi connectivity index (χ1n) is 8.44. The predicted octanol–water partition coefficient (Wildman–Crippen LogP) is 5.59. The molecule has 1 heterocycles. The van der Waals surface area contributed by atoms with Crippen molar-refractivity contribution in [3.63, 3.8) is 0 Å². The number of aromatic nitrogens is 1. The van der Waals surface area contributed by atoms with E-state index in [4.69, 9.17) is 28.9 Å². The molecular weight excluding hydrogens is 397 g/mol. The molecule has 3 rings (SSSR count). The lowest BCUT2D eigenvalue weighted by Crippen LogP contribution is -2.22. The van der Waals surface area contributed by atoms with Gasteiger partial charge in [0.05, 0.1) is 15.7 Å². The van der Waals surface area contributed by atoms with E-state index >= 15 is 0 Å². The largest absolute Gasteiger partial charge is 0.380 e. The minimum Gasteiger partial charge on any atom is -0.380 e. The van der Waals surface area contributed by atoms with Crippen LogP contribution in [0.15, 0.2) is 30.6 Å². The molecule has 1 aliphatic rings. The molecule has 0 saturated heterocycles. The first kappa shape index (κ1) is 21.2. The smallest absolute Gasteiger partial charge is 0.316 e. The topological polar surface area (TPSA) is 80.0 Å². The number of primary amides is 1. The van der Waals surface area contributed by atoms with Crippen LogP contribution in [0.2, 0.25) is 10.0 Å². The molecule has 0 radical (unpaired) electrons. The van der Waals surface area contributed by atoms with Gasteiger partial charge in [-0.05, 0) is 25.0 Å². The van der Waals surface area contributed by atoms with Crippen molar-refractivity contribution in [1.82, 2.24) is 4.98 Å². The van der Waals surface area contributed by atoms with Gasteiger partial charge in [-0.2, -0.15) is 0 Å². The van der Waals surface area contributed by atoms with Gasteiger partial charge >= 0.3 is 6.03 Å². The third-order valence-corrected chi connectivity index (χ3v) is 4.57. The Balaban J connectivity index is 0.000000199. The Kier molecular flexibility index (Phi) is 8.06.